The number of alkyl halides is 2. The van der Waals surface area contributed by atoms with Gasteiger partial charge in [0.2, 0.25) is 11.8 Å². The van der Waals surface area contributed by atoms with Gasteiger partial charge in [-0.15, -0.1) is 0 Å². The Morgan fingerprint density at radius 3 is 2.61 bits per heavy atom. The Hall–Kier alpha value is -2.82. The molecule has 5 rings (SSSR count). The molecule has 3 aliphatic heterocycles. The number of piperazine rings is 1. The molecule has 1 N–H and O–H groups in total. The molecule has 0 unspecified atom stereocenters. The first-order chi connectivity index (χ1) is 17.9. The van der Waals surface area contributed by atoms with Crippen molar-refractivity contribution in [1.29, 1.82) is 0 Å². The van der Waals surface area contributed by atoms with Gasteiger partial charge in [-0.25, -0.2) is 13.6 Å². The van der Waals surface area contributed by atoms with Crippen molar-refractivity contribution in [2.45, 2.75) is 76.3 Å². The third-order valence-corrected chi connectivity index (χ3v) is 8.46. The maximum atomic E-state index is 15.0. The van der Waals surface area contributed by atoms with Gasteiger partial charge in [-0.2, -0.15) is 0 Å². The Balaban J connectivity index is 1.37. The number of hydrogen-bond acceptors (Lipinski definition) is 5. The van der Waals surface area contributed by atoms with Gasteiger partial charge in [0.1, 0.15) is 0 Å². The van der Waals surface area contributed by atoms with Gasteiger partial charge >= 0.3 is 6.09 Å². The SMILES string of the molecule is C[C@@H]1CN(CC(=O)N2CC(C)(C)c3ncc(C(F)(F)CC4CC4)cc32)[C@@H](CN2CCCC2=O)CN1C(=O)O. The maximum Gasteiger partial charge on any atom is 0.407 e. The Morgan fingerprint density at radius 2 is 1.97 bits per heavy atom. The maximum absolute atomic E-state index is 15.0. The van der Waals surface area contributed by atoms with E-state index in [0.29, 0.717) is 44.0 Å². The second kappa shape index (κ2) is 9.73. The normalized spacial score (nSPS) is 25.7. The van der Waals surface area contributed by atoms with Crippen LogP contribution in [0, 0.1) is 5.92 Å². The fourth-order valence-electron chi connectivity index (χ4n) is 6.11. The van der Waals surface area contributed by atoms with Crippen molar-refractivity contribution in [3.05, 3.63) is 23.5 Å². The summed E-state index contributed by atoms with van der Waals surface area (Å²) in [6.45, 7) is 7.53. The van der Waals surface area contributed by atoms with Crippen molar-refractivity contribution >= 4 is 23.6 Å². The second-order valence-electron chi connectivity index (χ2n) is 12.1. The van der Waals surface area contributed by atoms with Gasteiger partial charge in [0, 0.05) is 74.8 Å². The van der Waals surface area contributed by atoms with Crippen LogP contribution in [-0.4, -0.2) is 94.1 Å². The van der Waals surface area contributed by atoms with E-state index in [-0.39, 0.29) is 54.9 Å². The van der Waals surface area contributed by atoms with E-state index >= 15 is 0 Å². The number of nitrogens with zero attached hydrogens (tertiary/aromatic N) is 5. The lowest BCUT2D eigenvalue weighted by Gasteiger charge is -2.45. The molecule has 0 spiro atoms. The summed E-state index contributed by atoms with van der Waals surface area (Å²) in [5, 5.41) is 9.68. The number of aromatic nitrogens is 1. The molecule has 9 nitrogen and oxygen atoms in total. The molecule has 4 aliphatic rings. The number of carbonyl (C=O) groups excluding carboxylic acids is 2. The van der Waals surface area contributed by atoms with Gasteiger partial charge in [0.15, 0.2) is 0 Å². The van der Waals surface area contributed by atoms with Crippen LogP contribution in [0.2, 0.25) is 0 Å². The van der Waals surface area contributed by atoms with Crippen molar-refractivity contribution in [1.82, 2.24) is 19.7 Å². The smallest absolute Gasteiger partial charge is 0.407 e. The van der Waals surface area contributed by atoms with Crippen LogP contribution in [-0.2, 0) is 20.9 Å². The number of carboxylic acid groups (broad SMARTS) is 1. The quantitative estimate of drug-likeness (QED) is 0.578. The topological polar surface area (TPSA) is 97.3 Å². The molecule has 0 aromatic carbocycles. The number of carbonyl (C=O) groups is 3. The molecule has 1 aromatic rings. The first-order valence-corrected chi connectivity index (χ1v) is 13.6. The fourth-order valence-corrected chi connectivity index (χ4v) is 6.11. The van der Waals surface area contributed by atoms with Crippen molar-refractivity contribution in [3.8, 4) is 0 Å². The lowest BCUT2D eigenvalue weighted by atomic mass is 9.91. The summed E-state index contributed by atoms with van der Waals surface area (Å²) in [6.07, 6.45) is 2.92. The standard InChI is InChI=1S/C27H37F2N5O4/c1-17-12-32(20(14-33(17)25(37)38)13-31-8-4-5-22(31)35)15-23(36)34-16-26(2,3)24-21(34)9-19(11-30-24)27(28,29)10-18-6-7-18/h9,11,17-18,20H,4-8,10,12-16H2,1-3H3,(H,37,38)/t17-,20+/m1/s1. The van der Waals surface area contributed by atoms with Gasteiger partial charge < -0.3 is 19.8 Å². The zero-order valence-corrected chi connectivity index (χ0v) is 22.3. The van der Waals surface area contributed by atoms with Gasteiger partial charge in [-0.3, -0.25) is 19.5 Å². The highest BCUT2D eigenvalue weighted by molar-refractivity contribution is 5.97. The zero-order valence-electron chi connectivity index (χ0n) is 22.3. The molecular weight excluding hydrogens is 496 g/mol. The molecule has 4 heterocycles. The highest BCUT2D eigenvalue weighted by atomic mass is 19.3. The van der Waals surface area contributed by atoms with Crippen molar-refractivity contribution in [3.63, 3.8) is 0 Å². The van der Waals surface area contributed by atoms with Crippen LogP contribution in [0.25, 0.3) is 0 Å². The summed E-state index contributed by atoms with van der Waals surface area (Å²) in [5.41, 5.74) is 0.399. The van der Waals surface area contributed by atoms with Crippen LogP contribution in [0.3, 0.4) is 0 Å². The lowest BCUT2D eigenvalue weighted by molar-refractivity contribution is -0.129. The largest absolute Gasteiger partial charge is 0.465 e. The third-order valence-electron chi connectivity index (χ3n) is 8.46. The predicted molar refractivity (Wildman–Crippen MR) is 136 cm³/mol. The number of halogens is 2. The number of likely N-dealkylation sites (tertiary alicyclic amines) is 1. The van der Waals surface area contributed by atoms with Crippen LogP contribution in [0.1, 0.15) is 64.1 Å². The highest BCUT2D eigenvalue weighted by Gasteiger charge is 2.45. The first-order valence-electron chi connectivity index (χ1n) is 13.6. The summed E-state index contributed by atoms with van der Waals surface area (Å²) in [4.78, 5) is 48.9. The van der Waals surface area contributed by atoms with Crippen molar-refractivity contribution in [2.75, 3.05) is 44.2 Å². The van der Waals surface area contributed by atoms with E-state index in [4.69, 9.17) is 0 Å². The number of pyridine rings is 1. The number of hydrogen-bond donors (Lipinski definition) is 1. The second-order valence-corrected chi connectivity index (χ2v) is 12.1. The van der Waals surface area contributed by atoms with E-state index in [2.05, 4.69) is 4.98 Å². The molecule has 2 atom stereocenters. The van der Waals surface area contributed by atoms with Crippen LogP contribution >= 0.6 is 0 Å². The lowest BCUT2D eigenvalue weighted by Crippen LogP contribution is -2.63. The average Bonchev–Trinajstić information content (AvgIpc) is 3.48. The molecule has 38 heavy (non-hydrogen) atoms. The molecule has 1 aliphatic carbocycles. The number of fused-ring (bicyclic) bond motifs is 1. The molecule has 0 bridgehead atoms. The fraction of sp³-hybridized carbons (Fsp3) is 0.704. The van der Waals surface area contributed by atoms with Crippen LogP contribution in [0.5, 0.6) is 0 Å². The van der Waals surface area contributed by atoms with E-state index in [9.17, 15) is 28.3 Å². The Bertz CT molecular complexity index is 1120. The molecule has 1 aromatic heterocycles. The van der Waals surface area contributed by atoms with Gasteiger partial charge in [-0.1, -0.05) is 13.8 Å². The molecule has 11 heteroatoms. The number of rotatable bonds is 7. The summed E-state index contributed by atoms with van der Waals surface area (Å²) >= 11 is 0. The first kappa shape index (κ1) is 26.8. The minimum atomic E-state index is -3.00. The van der Waals surface area contributed by atoms with E-state index in [1.807, 2.05) is 18.7 Å². The number of amides is 3. The van der Waals surface area contributed by atoms with Crippen LogP contribution < -0.4 is 4.90 Å². The highest BCUT2D eigenvalue weighted by Crippen LogP contribution is 2.46. The summed E-state index contributed by atoms with van der Waals surface area (Å²) in [6, 6.07) is 0.765. The van der Waals surface area contributed by atoms with Crippen LogP contribution in [0.4, 0.5) is 19.3 Å². The average molecular weight is 534 g/mol. The van der Waals surface area contributed by atoms with E-state index in [1.165, 1.54) is 17.2 Å². The molecule has 2 saturated heterocycles. The predicted octanol–water partition coefficient (Wildman–Crippen LogP) is 3.27. The van der Waals surface area contributed by atoms with Gasteiger partial charge in [-0.05, 0) is 38.2 Å². The molecule has 3 fully saturated rings. The van der Waals surface area contributed by atoms with Gasteiger partial charge in [0.25, 0.3) is 5.92 Å². The van der Waals surface area contributed by atoms with E-state index in [0.717, 1.165) is 19.3 Å². The summed E-state index contributed by atoms with van der Waals surface area (Å²) < 4.78 is 30.0. The van der Waals surface area contributed by atoms with E-state index < -0.39 is 17.4 Å². The molecule has 1 saturated carbocycles. The molecule has 0 radical (unpaired) electrons. The minimum absolute atomic E-state index is 0.00269. The van der Waals surface area contributed by atoms with E-state index in [1.54, 1.807) is 16.7 Å². The monoisotopic (exact) mass is 533 g/mol. The van der Waals surface area contributed by atoms with Crippen molar-refractivity contribution in [2.24, 2.45) is 5.92 Å². The Kier molecular flexibility index (Phi) is 6.86. The molecule has 208 valence electrons. The molecular formula is C27H37F2N5O4. The van der Waals surface area contributed by atoms with Crippen molar-refractivity contribution < 1.29 is 28.3 Å². The number of anilines is 1. The Labute approximate surface area is 221 Å². The van der Waals surface area contributed by atoms with Gasteiger partial charge in [0.05, 0.1) is 17.9 Å². The zero-order chi connectivity index (χ0) is 27.4. The van der Waals surface area contributed by atoms with Crippen LogP contribution in [0.15, 0.2) is 12.3 Å². The molecule has 3 amide bonds. The third kappa shape index (κ3) is 5.21. The Morgan fingerprint density at radius 1 is 1.24 bits per heavy atom. The summed E-state index contributed by atoms with van der Waals surface area (Å²) in [5.74, 6) is -3.16. The summed E-state index contributed by atoms with van der Waals surface area (Å²) in [7, 11) is 0. The minimum Gasteiger partial charge on any atom is -0.465 e.